The largest absolute Gasteiger partial charge is 0.475 e. The summed E-state index contributed by atoms with van der Waals surface area (Å²) in [6, 6.07) is 1.03. The number of hydrogen-bond acceptors (Lipinski definition) is 5. The van der Waals surface area contributed by atoms with Crippen molar-refractivity contribution >= 4 is 31.9 Å². The third-order valence-corrected chi connectivity index (χ3v) is 5.54. The molecular formula is C10H13BrN2O5S. The molecular weight excluding hydrogens is 340 g/mol. The molecule has 9 heteroatoms. The molecule has 1 aromatic heterocycles. The van der Waals surface area contributed by atoms with Crippen molar-refractivity contribution in [2.45, 2.75) is 11.3 Å². The second-order valence-corrected chi connectivity index (χ2v) is 6.69. The zero-order chi connectivity index (χ0) is 14.0. The van der Waals surface area contributed by atoms with Crippen LogP contribution in [0.25, 0.3) is 0 Å². The van der Waals surface area contributed by atoms with E-state index in [0.29, 0.717) is 26.1 Å². The molecule has 0 aliphatic carbocycles. The van der Waals surface area contributed by atoms with Gasteiger partial charge in [0.05, 0.1) is 0 Å². The summed E-state index contributed by atoms with van der Waals surface area (Å²) in [6.45, 7) is 2.08. The van der Waals surface area contributed by atoms with Crippen molar-refractivity contribution in [3.05, 3.63) is 16.5 Å². The van der Waals surface area contributed by atoms with E-state index in [4.69, 9.17) is 9.52 Å². The van der Waals surface area contributed by atoms with Crippen LogP contribution in [0.4, 0.5) is 0 Å². The standard InChI is InChI=1S/C10H13BrN2O5S/c11-9-8(6-7(18-9)10(14)15)19(16,17)13-4-1-2-12-3-5-13/h6,12H,1-5H2,(H,14,15). The van der Waals surface area contributed by atoms with Gasteiger partial charge in [0.15, 0.2) is 4.67 Å². The molecule has 0 amide bonds. The highest BCUT2D eigenvalue weighted by Gasteiger charge is 2.30. The van der Waals surface area contributed by atoms with E-state index in [-0.39, 0.29) is 9.56 Å². The Kier molecular flexibility index (Phi) is 4.29. The van der Waals surface area contributed by atoms with Gasteiger partial charge in [0, 0.05) is 25.7 Å². The summed E-state index contributed by atoms with van der Waals surface area (Å²) in [5, 5.41) is 11.9. The predicted octanol–water partition coefficient (Wildman–Crippen LogP) is 0.724. The van der Waals surface area contributed by atoms with E-state index >= 15 is 0 Å². The number of sulfonamides is 1. The molecule has 2 N–H and O–H groups in total. The van der Waals surface area contributed by atoms with Gasteiger partial charge >= 0.3 is 5.97 Å². The lowest BCUT2D eigenvalue weighted by Gasteiger charge is -2.18. The maximum Gasteiger partial charge on any atom is 0.371 e. The third kappa shape index (κ3) is 2.99. The smallest absolute Gasteiger partial charge is 0.371 e. The van der Waals surface area contributed by atoms with Crippen LogP contribution in [0.1, 0.15) is 17.0 Å². The summed E-state index contributed by atoms with van der Waals surface area (Å²) in [6.07, 6.45) is 0.709. The highest BCUT2D eigenvalue weighted by atomic mass is 79.9. The fourth-order valence-corrected chi connectivity index (χ4v) is 4.22. The molecule has 19 heavy (non-hydrogen) atoms. The van der Waals surface area contributed by atoms with Crippen LogP contribution in [0.2, 0.25) is 0 Å². The minimum Gasteiger partial charge on any atom is -0.475 e. The number of carboxylic acid groups (broad SMARTS) is 1. The minimum absolute atomic E-state index is 0.0814. The van der Waals surface area contributed by atoms with Crippen LogP contribution < -0.4 is 5.32 Å². The van der Waals surface area contributed by atoms with Gasteiger partial charge in [-0.3, -0.25) is 0 Å². The molecule has 1 saturated heterocycles. The van der Waals surface area contributed by atoms with Crippen molar-refractivity contribution in [3.8, 4) is 0 Å². The lowest BCUT2D eigenvalue weighted by molar-refractivity contribution is 0.0661. The fourth-order valence-electron chi connectivity index (χ4n) is 1.83. The van der Waals surface area contributed by atoms with Crippen molar-refractivity contribution in [3.63, 3.8) is 0 Å². The first-order valence-corrected chi connectivity index (χ1v) is 7.89. The van der Waals surface area contributed by atoms with Crippen molar-refractivity contribution < 1.29 is 22.7 Å². The fraction of sp³-hybridized carbons (Fsp3) is 0.500. The average Bonchev–Trinajstić information content (AvgIpc) is 2.59. The van der Waals surface area contributed by atoms with Crippen LogP contribution in [-0.4, -0.2) is 50.0 Å². The van der Waals surface area contributed by atoms with Gasteiger partial charge in [-0.25, -0.2) is 13.2 Å². The van der Waals surface area contributed by atoms with Gasteiger partial charge in [-0.15, -0.1) is 0 Å². The van der Waals surface area contributed by atoms with Crippen molar-refractivity contribution in [2.75, 3.05) is 26.2 Å². The highest BCUT2D eigenvalue weighted by molar-refractivity contribution is 9.10. The SMILES string of the molecule is O=C(O)c1cc(S(=O)(=O)N2CCCNCC2)c(Br)o1. The molecule has 1 aromatic rings. The number of halogens is 1. The van der Waals surface area contributed by atoms with Gasteiger partial charge in [0.25, 0.3) is 0 Å². The summed E-state index contributed by atoms with van der Waals surface area (Å²) in [5.74, 6) is -1.71. The van der Waals surface area contributed by atoms with Gasteiger partial charge < -0.3 is 14.8 Å². The molecule has 1 aliphatic heterocycles. The van der Waals surface area contributed by atoms with Crippen LogP contribution in [0.5, 0.6) is 0 Å². The number of carbonyl (C=O) groups is 1. The second-order valence-electron chi connectivity index (χ2n) is 4.06. The Morgan fingerprint density at radius 3 is 2.79 bits per heavy atom. The summed E-state index contributed by atoms with van der Waals surface area (Å²) < 4.78 is 31.0. The van der Waals surface area contributed by atoms with E-state index in [1.807, 2.05) is 0 Å². The minimum atomic E-state index is -3.74. The Morgan fingerprint density at radius 2 is 2.16 bits per heavy atom. The molecule has 0 bridgehead atoms. The number of nitrogens with one attached hydrogen (secondary N) is 1. The van der Waals surface area contributed by atoms with Gasteiger partial charge in [-0.2, -0.15) is 4.31 Å². The lowest BCUT2D eigenvalue weighted by Crippen LogP contribution is -2.34. The van der Waals surface area contributed by atoms with Crippen LogP contribution in [0.15, 0.2) is 20.0 Å². The Balaban J connectivity index is 2.35. The molecule has 0 atom stereocenters. The first kappa shape index (κ1) is 14.5. The Labute approximate surface area is 118 Å². The van der Waals surface area contributed by atoms with Crippen molar-refractivity contribution in [2.24, 2.45) is 0 Å². The molecule has 0 saturated carbocycles. The number of hydrogen-bond donors (Lipinski definition) is 2. The van der Waals surface area contributed by atoms with Crippen molar-refractivity contribution in [1.29, 1.82) is 0 Å². The molecule has 0 aromatic carbocycles. The van der Waals surface area contributed by atoms with Crippen molar-refractivity contribution in [1.82, 2.24) is 9.62 Å². The van der Waals surface area contributed by atoms with Crippen LogP contribution in [0.3, 0.4) is 0 Å². The third-order valence-electron chi connectivity index (χ3n) is 2.78. The van der Waals surface area contributed by atoms with E-state index in [1.165, 1.54) is 4.31 Å². The van der Waals surface area contributed by atoms with Gasteiger partial charge in [-0.1, -0.05) is 0 Å². The van der Waals surface area contributed by atoms with E-state index in [2.05, 4.69) is 21.2 Å². The number of aromatic carboxylic acids is 1. The van der Waals surface area contributed by atoms with E-state index in [1.54, 1.807) is 0 Å². The average molecular weight is 353 g/mol. The van der Waals surface area contributed by atoms with Crippen LogP contribution in [-0.2, 0) is 10.0 Å². The zero-order valence-corrected chi connectivity index (χ0v) is 12.3. The molecule has 0 radical (unpaired) electrons. The molecule has 1 aliphatic rings. The zero-order valence-electron chi connectivity index (χ0n) is 9.93. The van der Waals surface area contributed by atoms with Gasteiger partial charge in [0.1, 0.15) is 4.90 Å². The van der Waals surface area contributed by atoms with E-state index in [0.717, 1.165) is 12.6 Å². The summed E-state index contributed by atoms with van der Waals surface area (Å²) in [4.78, 5) is 10.6. The Bertz CT molecular complexity index is 575. The number of carboxylic acids is 1. The van der Waals surface area contributed by atoms with E-state index < -0.39 is 21.8 Å². The normalized spacial score (nSPS) is 18.2. The topological polar surface area (TPSA) is 99.8 Å². The number of nitrogens with zero attached hydrogens (tertiary/aromatic N) is 1. The van der Waals surface area contributed by atoms with Crippen LogP contribution >= 0.6 is 15.9 Å². The molecule has 106 valence electrons. The second kappa shape index (κ2) is 5.61. The molecule has 0 spiro atoms. The molecule has 7 nitrogen and oxygen atoms in total. The maximum absolute atomic E-state index is 12.4. The first-order chi connectivity index (χ1) is 8.93. The predicted molar refractivity (Wildman–Crippen MR) is 69.6 cm³/mol. The molecule has 2 heterocycles. The lowest BCUT2D eigenvalue weighted by atomic mass is 10.4. The highest BCUT2D eigenvalue weighted by Crippen LogP contribution is 2.29. The summed E-state index contributed by atoms with van der Waals surface area (Å²) in [7, 11) is -3.74. The quantitative estimate of drug-likeness (QED) is 0.831. The Hall–Kier alpha value is -0.900. The first-order valence-electron chi connectivity index (χ1n) is 5.66. The summed E-state index contributed by atoms with van der Waals surface area (Å²) in [5.41, 5.74) is 0. The van der Waals surface area contributed by atoms with E-state index in [9.17, 15) is 13.2 Å². The molecule has 1 fully saturated rings. The maximum atomic E-state index is 12.4. The summed E-state index contributed by atoms with van der Waals surface area (Å²) >= 11 is 2.96. The number of rotatable bonds is 3. The number of furan rings is 1. The van der Waals surface area contributed by atoms with Gasteiger partial charge in [0.2, 0.25) is 15.8 Å². The Morgan fingerprint density at radius 1 is 1.42 bits per heavy atom. The molecule has 2 rings (SSSR count). The van der Waals surface area contributed by atoms with Crippen LogP contribution in [0, 0.1) is 0 Å². The monoisotopic (exact) mass is 352 g/mol. The van der Waals surface area contributed by atoms with Gasteiger partial charge in [-0.05, 0) is 28.9 Å². The molecule has 0 unspecified atom stereocenters.